The number of carbonyl (C=O) groups is 1. The maximum absolute atomic E-state index is 12.6. The molecule has 1 aromatic rings. The molecule has 1 heterocycles. The summed E-state index contributed by atoms with van der Waals surface area (Å²) in [5.41, 5.74) is 7.31. The van der Waals surface area contributed by atoms with E-state index in [1.807, 2.05) is 20.8 Å². The predicted molar refractivity (Wildman–Crippen MR) is 79.8 cm³/mol. The van der Waals surface area contributed by atoms with Crippen molar-refractivity contribution in [1.82, 2.24) is 5.32 Å². The van der Waals surface area contributed by atoms with E-state index >= 15 is 0 Å². The van der Waals surface area contributed by atoms with Crippen molar-refractivity contribution in [3.8, 4) is 0 Å². The standard InChI is InChI=1S/C16H26N2O2/c1-10-5-7-16(9-17,8-6-10)18-15(19)14-11(2)12(3)20-13(14)4/h10H,5-9,17H2,1-4H3,(H,18,19). The Morgan fingerprint density at radius 2 is 1.90 bits per heavy atom. The van der Waals surface area contributed by atoms with E-state index in [0.717, 1.165) is 42.9 Å². The van der Waals surface area contributed by atoms with Crippen molar-refractivity contribution in [2.24, 2.45) is 11.7 Å². The van der Waals surface area contributed by atoms with Crippen molar-refractivity contribution >= 4 is 5.91 Å². The highest BCUT2D eigenvalue weighted by Gasteiger charge is 2.35. The molecule has 0 radical (unpaired) electrons. The summed E-state index contributed by atoms with van der Waals surface area (Å²) in [6, 6.07) is 0. The van der Waals surface area contributed by atoms with Crippen molar-refractivity contribution < 1.29 is 9.21 Å². The van der Waals surface area contributed by atoms with Gasteiger partial charge in [0, 0.05) is 12.1 Å². The summed E-state index contributed by atoms with van der Waals surface area (Å²) >= 11 is 0. The predicted octanol–water partition coefficient (Wildman–Crippen LogP) is 2.84. The Bertz CT molecular complexity index is 497. The first-order valence-electron chi connectivity index (χ1n) is 7.48. The van der Waals surface area contributed by atoms with Crippen LogP contribution in [0.1, 0.15) is 60.0 Å². The van der Waals surface area contributed by atoms with Crippen molar-refractivity contribution in [1.29, 1.82) is 0 Å². The van der Waals surface area contributed by atoms with E-state index in [9.17, 15) is 4.79 Å². The van der Waals surface area contributed by atoms with E-state index in [1.165, 1.54) is 0 Å². The lowest BCUT2D eigenvalue weighted by Gasteiger charge is -2.39. The zero-order chi connectivity index (χ0) is 14.9. The highest BCUT2D eigenvalue weighted by Crippen LogP contribution is 2.32. The summed E-state index contributed by atoms with van der Waals surface area (Å²) in [6.07, 6.45) is 4.18. The van der Waals surface area contributed by atoms with Gasteiger partial charge in [-0.1, -0.05) is 6.92 Å². The Balaban J connectivity index is 2.17. The molecule has 1 saturated carbocycles. The van der Waals surface area contributed by atoms with Gasteiger partial charge in [0.25, 0.3) is 5.91 Å². The van der Waals surface area contributed by atoms with Gasteiger partial charge in [-0.15, -0.1) is 0 Å². The van der Waals surface area contributed by atoms with E-state index in [2.05, 4.69) is 12.2 Å². The molecular formula is C16H26N2O2. The molecule has 1 aliphatic carbocycles. The molecule has 1 aliphatic rings. The first kappa shape index (κ1) is 15.1. The minimum absolute atomic E-state index is 0.0446. The van der Waals surface area contributed by atoms with Crippen LogP contribution in [-0.2, 0) is 0 Å². The molecule has 0 saturated heterocycles. The smallest absolute Gasteiger partial charge is 0.255 e. The van der Waals surface area contributed by atoms with Crippen LogP contribution in [0.2, 0.25) is 0 Å². The van der Waals surface area contributed by atoms with E-state index in [-0.39, 0.29) is 11.4 Å². The lowest BCUT2D eigenvalue weighted by molar-refractivity contribution is 0.0858. The van der Waals surface area contributed by atoms with Crippen molar-refractivity contribution in [3.05, 3.63) is 22.6 Å². The van der Waals surface area contributed by atoms with Crippen LogP contribution in [0.3, 0.4) is 0 Å². The highest BCUT2D eigenvalue weighted by molar-refractivity contribution is 5.97. The van der Waals surface area contributed by atoms with E-state index in [4.69, 9.17) is 10.2 Å². The summed E-state index contributed by atoms with van der Waals surface area (Å²) in [7, 11) is 0. The Hall–Kier alpha value is -1.29. The Labute approximate surface area is 121 Å². The Morgan fingerprint density at radius 3 is 2.35 bits per heavy atom. The van der Waals surface area contributed by atoms with Crippen LogP contribution in [0.25, 0.3) is 0 Å². The molecule has 3 N–H and O–H groups in total. The molecule has 20 heavy (non-hydrogen) atoms. The van der Waals surface area contributed by atoms with Crippen LogP contribution in [0.15, 0.2) is 4.42 Å². The second-order valence-electron chi connectivity index (χ2n) is 6.34. The third-order valence-electron chi connectivity index (χ3n) is 4.79. The van der Waals surface area contributed by atoms with Gasteiger partial charge < -0.3 is 15.5 Å². The van der Waals surface area contributed by atoms with E-state index in [1.54, 1.807) is 0 Å². The number of hydrogen-bond donors (Lipinski definition) is 2. The first-order chi connectivity index (χ1) is 9.38. The Morgan fingerprint density at radius 1 is 1.30 bits per heavy atom. The van der Waals surface area contributed by atoms with Crippen molar-refractivity contribution in [2.45, 2.75) is 58.9 Å². The lowest BCUT2D eigenvalue weighted by atomic mass is 9.77. The highest BCUT2D eigenvalue weighted by atomic mass is 16.3. The molecule has 0 unspecified atom stereocenters. The molecule has 2 rings (SSSR count). The topological polar surface area (TPSA) is 68.3 Å². The molecule has 0 spiro atoms. The van der Waals surface area contributed by atoms with Crippen LogP contribution in [0, 0.1) is 26.7 Å². The van der Waals surface area contributed by atoms with Gasteiger partial charge in [-0.05, 0) is 52.4 Å². The molecule has 112 valence electrons. The second kappa shape index (κ2) is 5.60. The number of carbonyl (C=O) groups excluding carboxylic acids is 1. The monoisotopic (exact) mass is 278 g/mol. The first-order valence-corrected chi connectivity index (χ1v) is 7.48. The number of hydrogen-bond acceptors (Lipinski definition) is 3. The second-order valence-corrected chi connectivity index (χ2v) is 6.34. The molecule has 0 atom stereocenters. The largest absolute Gasteiger partial charge is 0.466 e. The van der Waals surface area contributed by atoms with Crippen LogP contribution < -0.4 is 11.1 Å². The molecule has 4 nitrogen and oxygen atoms in total. The molecule has 0 aliphatic heterocycles. The molecule has 0 bridgehead atoms. The van der Waals surface area contributed by atoms with Gasteiger partial charge in [-0.3, -0.25) is 4.79 Å². The average molecular weight is 278 g/mol. The number of amides is 1. The van der Waals surface area contributed by atoms with Crippen LogP contribution in [0.4, 0.5) is 0 Å². The summed E-state index contributed by atoms with van der Waals surface area (Å²) in [5, 5.41) is 3.19. The third kappa shape index (κ3) is 2.75. The van der Waals surface area contributed by atoms with Crippen molar-refractivity contribution in [2.75, 3.05) is 6.54 Å². The maximum Gasteiger partial charge on any atom is 0.255 e. The number of nitrogens with two attached hydrogens (primary N) is 1. The molecule has 1 fully saturated rings. The molecule has 0 aromatic carbocycles. The maximum atomic E-state index is 12.6. The third-order valence-corrected chi connectivity index (χ3v) is 4.79. The Kier molecular flexibility index (Phi) is 4.23. The molecule has 1 aromatic heterocycles. The minimum atomic E-state index is -0.242. The molecule has 4 heteroatoms. The fourth-order valence-electron chi connectivity index (χ4n) is 3.13. The SMILES string of the molecule is Cc1oc(C)c(C(=O)NC2(CN)CCC(C)CC2)c1C. The van der Waals surface area contributed by atoms with E-state index in [0.29, 0.717) is 17.9 Å². The van der Waals surface area contributed by atoms with Gasteiger partial charge in [-0.2, -0.15) is 0 Å². The fourth-order valence-corrected chi connectivity index (χ4v) is 3.13. The summed E-state index contributed by atoms with van der Waals surface area (Å²) < 4.78 is 5.55. The summed E-state index contributed by atoms with van der Waals surface area (Å²) in [4.78, 5) is 12.6. The van der Waals surface area contributed by atoms with Gasteiger partial charge in [0.15, 0.2) is 0 Å². The average Bonchev–Trinajstić information content (AvgIpc) is 2.66. The number of aryl methyl sites for hydroxylation is 2. The fraction of sp³-hybridized carbons (Fsp3) is 0.688. The van der Waals surface area contributed by atoms with Gasteiger partial charge in [0.1, 0.15) is 11.5 Å². The molecule has 1 amide bonds. The quantitative estimate of drug-likeness (QED) is 0.893. The van der Waals surface area contributed by atoms with Crippen LogP contribution >= 0.6 is 0 Å². The minimum Gasteiger partial charge on any atom is -0.466 e. The lowest BCUT2D eigenvalue weighted by Crippen LogP contribution is -2.55. The number of nitrogens with one attached hydrogen (secondary N) is 1. The van der Waals surface area contributed by atoms with Gasteiger partial charge >= 0.3 is 0 Å². The number of furan rings is 1. The van der Waals surface area contributed by atoms with Crippen LogP contribution in [0.5, 0.6) is 0 Å². The van der Waals surface area contributed by atoms with Gasteiger partial charge in [0.05, 0.1) is 11.1 Å². The zero-order valence-electron chi connectivity index (χ0n) is 13.0. The van der Waals surface area contributed by atoms with Crippen molar-refractivity contribution in [3.63, 3.8) is 0 Å². The van der Waals surface area contributed by atoms with E-state index < -0.39 is 0 Å². The normalized spacial score (nSPS) is 26.6. The van der Waals surface area contributed by atoms with Crippen LogP contribution in [-0.4, -0.2) is 18.0 Å². The zero-order valence-corrected chi connectivity index (χ0v) is 13.0. The number of rotatable bonds is 3. The van der Waals surface area contributed by atoms with Gasteiger partial charge in [0.2, 0.25) is 0 Å². The summed E-state index contributed by atoms with van der Waals surface area (Å²) in [6.45, 7) is 8.42. The van der Waals surface area contributed by atoms with Gasteiger partial charge in [-0.25, -0.2) is 0 Å². The molecular weight excluding hydrogens is 252 g/mol. The summed E-state index contributed by atoms with van der Waals surface area (Å²) in [5.74, 6) is 2.18.